The average molecular weight is 596 g/mol. The number of hydrogen-bond acceptors (Lipinski definition) is 7. The third-order valence-corrected chi connectivity index (χ3v) is 9.80. The minimum atomic E-state index is -1.24. The number of likely N-dealkylation sites (tertiary alicyclic amines) is 1. The molecule has 1 N–H and O–H groups in total. The minimum Gasteiger partial charge on any atom is -0.461 e. The lowest BCUT2D eigenvalue weighted by molar-refractivity contribution is -0.161. The summed E-state index contributed by atoms with van der Waals surface area (Å²) in [5.74, 6) is -2.94. The van der Waals surface area contributed by atoms with E-state index in [2.05, 4.69) is 31.9 Å². The van der Waals surface area contributed by atoms with Crippen LogP contribution in [0.1, 0.15) is 54.4 Å². The molecule has 0 saturated carbocycles. The molecule has 3 saturated heterocycles. The molecule has 1 spiro atoms. The third kappa shape index (κ3) is 5.39. The Balaban J connectivity index is 1.84. The number of esters is 1. The van der Waals surface area contributed by atoms with Gasteiger partial charge in [0, 0.05) is 31.0 Å². The molecule has 3 unspecified atom stereocenters. The zero-order valence-corrected chi connectivity index (χ0v) is 26.6. The highest BCUT2D eigenvalue weighted by Crippen LogP contribution is 2.65. The topological polar surface area (TPSA) is 99.6 Å². The Hall–Kier alpha value is -3.17. The lowest BCUT2D eigenvalue weighted by atomic mass is 9.62. The lowest BCUT2D eigenvalue weighted by Crippen LogP contribution is -2.59. The van der Waals surface area contributed by atoms with Gasteiger partial charge in [-0.1, -0.05) is 39.5 Å². The standard InChI is InChI=1S/C34H49N3O6/c1-9-17-36(25-15-13-24(14-16-25)35(11-3)12-4)31(40)29-34-20-23(7)33(8,43-34)28(32(41)42-18-10-2)27(34)30(39)37(29)26(21-38)19-22(5)6/h9-10,13-16,22-23,26-29,38H,1-2,11-12,17-21H2,3-8H3/t23?,26-,27+,28-,29?,33+,34?/m1/s1. The van der Waals surface area contributed by atoms with E-state index in [9.17, 15) is 19.5 Å². The van der Waals surface area contributed by atoms with Crippen molar-refractivity contribution in [3.05, 3.63) is 49.6 Å². The summed E-state index contributed by atoms with van der Waals surface area (Å²) in [6, 6.07) is 6.15. The summed E-state index contributed by atoms with van der Waals surface area (Å²) in [4.78, 5) is 48.4. The molecule has 3 aliphatic rings. The average Bonchev–Trinajstić information content (AvgIpc) is 3.50. The van der Waals surface area contributed by atoms with E-state index in [0.717, 1.165) is 18.8 Å². The molecule has 1 aromatic rings. The molecule has 0 radical (unpaired) electrons. The van der Waals surface area contributed by atoms with Gasteiger partial charge in [-0.05, 0) is 69.7 Å². The number of aliphatic hydroxyl groups is 1. The van der Waals surface area contributed by atoms with Crippen LogP contribution < -0.4 is 9.80 Å². The number of rotatable bonds is 14. The second-order valence-corrected chi connectivity index (χ2v) is 12.8. The van der Waals surface area contributed by atoms with Crippen LogP contribution in [0.3, 0.4) is 0 Å². The Kier molecular flexibility index (Phi) is 9.76. The number of carbonyl (C=O) groups is 3. The summed E-state index contributed by atoms with van der Waals surface area (Å²) in [6.07, 6.45) is 4.08. The molecule has 2 amide bonds. The van der Waals surface area contributed by atoms with Gasteiger partial charge in [0.2, 0.25) is 5.91 Å². The van der Waals surface area contributed by atoms with Crippen molar-refractivity contribution < 1.29 is 29.0 Å². The fraction of sp³-hybridized carbons (Fsp3) is 0.618. The van der Waals surface area contributed by atoms with Crippen LogP contribution in [0.4, 0.5) is 11.4 Å². The molecule has 7 atom stereocenters. The molecule has 0 aromatic heterocycles. The maximum Gasteiger partial charge on any atom is 0.313 e. The molecule has 2 bridgehead atoms. The highest BCUT2D eigenvalue weighted by Gasteiger charge is 2.80. The molecule has 3 aliphatic heterocycles. The van der Waals surface area contributed by atoms with Crippen LogP contribution in [-0.2, 0) is 23.9 Å². The van der Waals surface area contributed by atoms with E-state index < -0.39 is 41.1 Å². The Morgan fingerprint density at radius 3 is 2.33 bits per heavy atom. The maximum absolute atomic E-state index is 14.9. The van der Waals surface area contributed by atoms with Crippen molar-refractivity contribution in [3.63, 3.8) is 0 Å². The first kappa shape index (κ1) is 32.7. The molecule has 43 heavy (non-hydrogen) atoms. The SMILES string of the molecule is C=CCOC(=O)[C@H]1[C@H]2C(=O)N([C@@H](CO)CC(C)C)C(C(=O)N(CC=C)c3ccc(N(CC)CC)cc3)C23CC(C)[C@]1(C)O3. The van der Waals surface area contributed by atoms with E-state index in [1.54, 1.807) is 15.9 Å². The molecule has 3 heterocycles. The molecule has 0 aliphatic carbocycles. The largest absolute Gasteiger partial charge is 0.461 e. The fourth-order valence-corrected chi connectivity index (χ4v) is 7.79. The van der Waals surface area contributed by atoms with Gasteiger partial charge in [0.1, 0.15) is 24.2 Å². The van der Waals surface area contributed by atoms with Gasteiger partial charge in [-0.15, -0.1) is 6.58 Å². The van der Waals surface area contributed by atoms with Gasteiger partial charge in [0.05, 0.1) is 24.2 Å². The monoisotopic (exact) mass is 595 g/mol. The highest BCUT2D eigenvalue weighted by molar-refractivity contribution is 6.05. The summed E-state index contributed by atoms with van der Waals surface area (Å²) < 4.78 is 12.3. The van der Waals surface area contributed by atoms with Crippen LogP contribution in [-0.4, -0.2) is 83.9 Å². The fourth-order valence-electron chi connectivity index (χ4n) is 7.79. The first-order chi connectivity index (χ1) is 20.4. The van der Waals surface area contributed by atoms with Crippen LogP contribution in [0.25, 0.3) is 0 Å². The first-order valence-electron chi connectivity index (χ1n) is 15.6. The van der Waals surface area contributed by atoms with Crippen molar-refractivity contribution in [3.8, 4) is 0 Å². The molecular weight excluding hydrogens is 546 g/mol. The number of amides is 2. The van der Waals surface area contributed by atoms with Gasteiger partial charge in [-0.3, -0.25) is 14.4 Å². The predicted molar refractivity (Wildman–Crippen MR) is 168 cm³/mol. The zero-order valence-electron chi connectivity index (χ0n) is 26.6. The van der Waals surface area contributed by atoms with Crippen LogP contribution in [0.5, 0.6) is 0 Å². The molecule has 9 nitrogen and oxygen atoms in total. The minimum absolute atomic E-state index is 0.0169. The van der Waals surface area contributed by atoms with Crippen LogP contribution in [0.2, 0.25) is 0 Å². The normalized spacial score (nSPS) is 29.9. The number of benzene rings is 1. The predicted octanol–water partition coefficient (Wildman–Crippen LogP) is 4.20. The van der Waals surface area contributed by atoms with Gasteiger partial charge in [0.15, 0.2) is 0 Å². The molecule has 1 aromatic carbocycles. The van der Waals surface area contributed by atoms with Crippen LogP contribution >= 0.6 is 0 Å². The Labute approximate surface area is 256 Å². The number of carbonyl (C=O) groups excluding carboxylic acids is 3. The second-order valence-electron chi connectivity index (χ2n) is 12.8. The Morgan fingerprint density at radius 1 is 1.16 bits per heavy atom. The summed E-state index contributed by atoms with van der Waals surface area (Å²) in [7, 11) is 0. The van der Waals surface area contributed by atoms with Crippen LogP contribution in [0.15, 0.2) is 49.6 Å². The van der Waals surface area contributed by atoms with Crippen molar-refractivity contribution in [2.24, 2.45) is 23.7 Å². The number of fused-ring (bicyclic) bond motifs is 1. The summed E-state index contributed by atoms with van der Waals surface area (Å²) >= 11 is 0. The number of hydrogen-bond donors (Lipinski definition) is 1. The first-order valence-corrected chi connectivity index (χ1v) is 15.6. The van der Waals surface area contributed by atoms with Crippen molar-refractivity contribution >= 4 is 29.2 Å². The number of nitrogens with zero attached hydrogens (tertiary/aromatic N) is 3. The van der Waals surface area contributed by atoms with E-state index in [1.807, 2.05) is 52.0 Å². The molecule has 4 rings (SSSR count). The van der Waals surface area contributed by atoms with Crippen molar-refractivity contribution in [1.29, 1.82) is 0 Å². The van der Waals surface area contributed by atoms with E-state index >= 15 is 0 Å². The number of ether oxygens (including phenoxy) is 2. The molecule has 3 fully saturated rings. The summed E-state index contributed by atoms with van der Waals surface area (Å²) in [5.41, 5.74) is -0.504. The zero-order chi connectivity index (χ0) is 31.7. The number of aliphatic hydroxyl groups excluding tert-OH is 1. The van der Waals surface area contributed by atoms with Crippen molar-refractivity contribution in [2.75, 3.05) is 42.6 Å². The summed E-state index contributed by atoms with van der Waals surface area (Å²) in [5, 5.41) is 10.6. The molecular formula is C34H49N3O6. The smallest absolute Gasteiger partial charge is 0.313 e. The Morgan fingerprint density at radius 2 is 1.79 bits per heavy atom. The van der Waals surface area contributed by atoms with Gasteiger partial charge in [-0.25, -0.2) is 0 Å². The van der Waals surface area contributed by atoms with Gasteiger partial charge in [-0.2, -0.15) is 0 Å². The number of anilines is 2. The second kappa shape index (κ2) is 12.8. The van der Waals surface area contributed by atoms with E-state index in [-0.39, 0.29) is 43.4 Å². The highest BCUT2D eigenvalue weighted by atomic mass is 16.6. The maximum atomic E-state index is 14.9. The van der Waals surface area contributed by atoms with Gasteiger partial charge < -0.3 is 29.3 Å². The van der Waals surface area contributed by atoms with Gasteiger partial charge >= 0.3 is 5.97 Å². The molecule has 236 valence electrons. The lowest BCUT2D eigenvalue weighted by Gasteiger charge is -2.40. The Bertz CT molecular complexity index is 1210. The van der Waals surface area contributed by atoms with Gasteiger partial charge in [0.25, 0.3) is 5.91 Å². The third-order valence-electron chi connectivity index (χ3n) is 9.80. The molecule has 9 heteroatoms. The van der Waals surface area contributed by atoms with Crippen molar-refractivity contribution in [1.82, 2.24) is 4.90 Å². The van der Waals surface area contributed by atoms with E-state index in [0.29, 0.717) is 18.5 Å². The van der Waals surface area contributed by atoms with Crippen molar-refractivity contribution in [2.45, 2.75) is 77.7 Å². The summed E-state index contributed by atoms with van der Waals surface area (Å²) in [6.45, 7) is 21.3. The van der Waals surface area contributed by atoms with Crippen LogP contribution in [0, 0.1) is 23.7 Å². The van der Waals surface area contributed by atoms with E-state index in [4.69, 9.17) is 9.47 Å². The quantitative estimate of drug-likeness (QED) is 0.254. The van der Waals surface area contributed by atoms with E-state index in [1.165, 1.54) is 6.08 Å².